The average Bonchev–Trinajstić information content (AvgIpc) is 3.61. The van der Waals surface area contributed by atoms with Gasteiger partial charge in [0.25, 0.3) is 0 Å². The van der Waals surface area contributed by atoms with E-state index >= 15 is 4.39 Å². The number of likely N-dealkylation sites (tertiary alicyclic amines) is 1. The van der Waals surface area contributed by atoms with Crippen LogP contribution >= 0.6 is 23.2 Å². The van der Waals surface area contributed by atoms with E-state index in [0.29, 0.717) is 45.1 Å². The maximum absolute atomic E-state index is 16.7. The van der Waals surface area contributed by atoms with Gasteiger partial charge in [-0.05, 0) is 62.0 Å². The Bertz CT molecular complexity index is 1620. The first-order valence-corrected chi connectivity index (χ1v) is 14.1. The number of rotatable bonds is 5. The predicted octanol–water partition coefficient (Wildman–Crippen LogP) is 5.63. The average molecular weight is 568 g/mol. The Labute approximate surface area is 235 Å². The van der Waals surface area contributed by atoms with Crippen LogP contribution in [0.15, 0.2) is 36.5 Å². The van der Waals surface area contributed by atoms with Crippen molar-refractivity contribution in [2.45, 2.75) is 37.4 Å². The molecule has 2 saturated heterocycles. The van der Waals surface area contributed by atoms with Crippen molar-refractivity contribution in [3.8, 4) is 22.9 Å². The van der Waals surface area contributed by atoms with Crippen LogP contribution in [0.4, 0.5) is 10.1 Å². The molecule has 3 heterocycles. The predicted molar refractivity (Wildman–Crippen MR) is 153 cm³/mol. The van der Waals surface area contributed by atoms with Crippen molar-refractivity contribution in [3.63, 3.8) is 0 Å². The molecule has 1 aliphatic carbocycles. The summed E-state index contributed by atoms with van der Waals surface area (Å²) in [6.45, 7) is 2.98. The minimum atomic E-state index is -0.599. The molecule has 7 rings (SSSR count). The molecule has 202 valence electrons. The first kappa shape index (κ1) is 25.1. The molecule has 3 aromatic carbocycles. The van der Waals surface area contributed by atoms with Gasteiger partial charge in [-0.2, -0.15) is 4.98 Å². The Kier molecular flexibility index (Phi) is 6.19. The van der Waals surface area contributed by atoms with Crippen LogP contribution in [-0.2, 0) is 0 Å². The molecule has 0 amide bonds. The second-order valence-corrected chi connectivity index (χ2v) is 11.5. The Hall–Kier alpha value is -2.91. The van der Waals surface area contributed by atoms with Crippen LogP contribution in [0.5, 0.6) is 11.8 Å². The van der Waals surface area contributed by atoms with Crippen molar-refractivity contribution in [1.29, 1.82) is 0 Å². The zero-order valence-corrected chi connectivity index (χ0v) is 22.9. The summed E-state index contributed by atoms with van der Waals surface area (Å²) in [6, 6.07) is 9.54. The van der Waals surface area contributed by atoms with Gasteiger partial charge in [0.1, 0.15) is 17.9 Å². The third-order valence-electron chi connectivity index (χ3n) is 8.34. The highest BCUT2D eigenvalue weighted by atomic mass is 35.5. The van der Waals surface area contributed by atoms with Gasteiger partial charge >= 0.3 is 6.01 Å². The molecule has 0 radical (unpaired) electrons. The number of aromatic hydroxyl groups is 1. The van der Waals surface area contributed by atoms with Crippen LogP contribution in [0, 0.1) is 5.82 Å². The van der Waals surface area contributed by atoms with Crippen LogP contribution in [0.25, 0.3) is 32.8 Å². The zero-order valence-electron chi connectivity index (χ0n) is 21.4. The smallest absolute Gasteiger partial charge is 0.317 e. The lowest BCUT2D eigenvalue weighted by Crippen LogP contribution is -2.43. The fourth-order valence-corrected chi connectivity index (χ4v) is 6.91. The molecular formula is C29H28Cl2FN5O2. The first-order valence-electron chi connectivity index (χ1n) is 13.3. The number of anilines is 1. The molecule has 3 atom stereocenters. The van der Waals surface area contributed by atoms with Gasteiger partial charge in [-0.25, -0.2) is 9.37 Å². The highest BCUT2D eigenvalue weighted by Gasteiger charge is 2.46. The normalized spacial score (nSPS) is 23.0. The number of aromatic nitrogens is 2. The summed E-state index contributed by atoms with van der Waals surface area (Å²) in [5.74, 6) is -0.605. The van der Waals surface area contributed by atoms with E-state index in [4.69, 9.17) is 27.9 Å². The van der Waals surface area contributed by atoms with Crippen LogP contribution in [0.1, 0.15) is 19.3 Å². The molecule has 7 nitrogen and oxygen atoms in total. The Morgan fingerprint density at radius 2 is 2.10 bits per heavy atom. The molecule has 2 N–H and O–H groups in total. The number of halogens is 3. The molecule has 0 bridgehead atoms. The standard InChI is InChI=1S/C29H28Cl2FN5O2/c1-36-8-3-5-16(36)14-39-29-34-13-19-27(35-29)26(32)24(25(31)28(19)37-9-7-33-21-12-22(21)37)18-11-17(38)10-15-4-2-6-20(30)23(15)18/h2,4,6,10-11,13,16,21-22,33,38H,3,5,7-9,12,14H2,1H3/t16-,21?,22?/m0/s1. The number of ether oxygens (including phenoxy) is 1. The number of hydrogen-bond acceptors (Lipinski definition) is 7. The monoisotopic (exact) mass is 567 g/mol. The van der Waals surface area contributed by atoms with Crippen molar-refractivity contribution in [2.75, 3.05) is 38.2 Å². The van der Waals surface area contributed by atoms with Gasteiger partial charge in [0.2, 0.25) is 0 Å². The summed E-state index contributed by atoms with van der Waals surface area (Å²) in [5.41, 5.74) is 1.40. The number of phenolic OH excluding ortho intramolecular Hbond substituents is 1. The van der Waals surface area contributed by atoms with Crippen LogP contribution in [-0.4, -0.2) is 71.4 Å². The van der Waals surface area contributed by atoms with Crippen molar-refractivity contribution in [3.05, 3.63) is 52.4 Å². The van der Waals surface area contributed by atoms with Crippen molar-refractivity contribution in [1.82, 2.24) is 20.2 Å². The second kappa shape index (κ2) is 9.63. The minimum Gasteiger partial charge on any atom is -0.508 e. The van der Waals surface area contributed by atoms with E-state index in [-0.39, 0.29) is 39.9 Å². The maximum Gasteiger partial charge on any atom is 0.317 e. The molecule has 4 aromatic rings. The highest BCUT2D eigenvalue weighted by molar-refractivity contribution is 6.40. The van der Waals surface area contributed by atoms with Crippen LogP contribution in [0.3, 0.4) is 0 Å². The third kappa shape index (κ3) is 4.25. The number of benzene rings is 3. The van der Waals surface area contributed by atoms with Gasteiger partial charge in [-0.15, -0.1) is 0 Å². The topological polar surface area (TPSA) is 73.8 Å². The van der Waals surface area contributed by atoms with Crippen molar-refractivity contribution >= 4 is 50.6 Å². The lowest BCUT2D eigenvalue weighted by Gasteiger charge is -2.32. The zero-order chi connectivity index (χ0) is 26.8. The molecule has 1 saturated carbocycles. The number of nitrogens with one attached hydrogen (secondary N) is 1. The number of phenols is 1. The Balaban J connectivity index is 1.44. The fraction of sp³-hybridized carbons (Fsp3) is 0.379. The van der Waals surface area contributed by atoms with E-state index in [0.717, 1.165) is 38.9 Å². The lowest BCUT2D eigenvalue weighted by atomic mass is 9.95. The maximum atomic E-state index is 16.7. The summed E-state index contributed by atoms with van der Waals surface area (Å²) >= 11 is 13.8. The number of likely N-dealkylation sites (N-methyl/N-ethyl adjacent to an activating group) is 1. The van der Waals surface area contributed by atoms with Crippen molar-refractivity contribution < 1.29 is 14.2 Å². The van der Waals surface area contributed by atoms with Gasteiger partial charge in [0.15, 0.2) is 5.82 Å². The molecule has 2 aliphatic heterocycles. The third-order valence-corrected chi connectivity index (χ3v) is 9.02. The second-order valence-electron chi connectivity index (χ2n) is 10.7. The highest BCUT2D eigenvalue weighted by Crippen LogP contribution is 2.49. The van der Waals surface area contributed by atoms with E-state index in [9.17, 15) is 5.11 Å². The molecule has 39 heavy (non-hydrogen) atoms. The van der Waals surface area contributed by atoms with E-state index in [2.05, 4.69) is 32.1 Å². The van der Waals surface area contributed by atoms with E-state index in [1.807, 2.05) is 6.07 Å². The molecule has 1 aromatic heterocycles. The summed E-state index contributed by atoms with van der Waals surface area (Å²) in [5, 5.41) is 16.6. The largest absolute Gasteiger partial charge is 0.508 e. The van der Waals surface area contributed by atoms with E-state index < -0.39 is 5.82 Å². The fourth-order valence-electron chi connectivity index (χ4n) is 6.23. The number of fused-ring (bicyclic) bond motifs is 3. The van der Waals surface area contributed by atoms with Gasteiger partial charge in [0, 0.05) is 58.8 Å². The quantitative estimate of drug-likeness (QED) is 0.324. The number of hydrogen-bond donors (Lipinski definition) is 2. The van der Waals surface area contributed by atoms with Crippen LogP contribution in [0.2, 0.25) is 10.0 Å². The van der Waals surface area contributed by atoms with E-state index in [1.165, 1.54) is 6.07 Å². The van der Waals surface area contributed by atoms with Crippen LogP contribution < -0.4 is 15.0 Å². The summed E-state index contributed by atoms with van der Waals surface area (Å²) in [6.07, 6.45) is 4.77. The summed E-state index contributed by atoms with van der Waals surface area (Å²) < 4.78 is 22.6. The Morgan fingerprint density at radius 1 is 1.23 bits per heavy atom. The van der Waals surface area contributed by atoms with E-state index in [1.54, 1.807) is 24.4 Å². The SMILES string of the molecule is CN1CCC[C@H]1COc1ncc2c(N3CCNC4CC43)c(Cl)c(-c3cc(O)cc4cccc(Cl)c34)c(F)c2n1. The number of nitrogens with zero attached hydrogens (tertiary/aromatic N) is 4. The lowest BCUT2D eigenvalue weighted by molar-refractivity contribution is 0.188. The molecule has 2 unspecified atom stereocenters. The van der Waals surface area contributed by atoms with Gasteiger partial charge in [-0.1, -0.05) is 35.3 Å². The molecule has 3 fully saturated rings. The number of piperazine rings is 1. The molecule has 0 spiro atoms. The minimum absolute atomic E-state index is 0.00583. The van der Waals surface area contributed by atoms with Crippen molar-refractivity contribution in [2.24, 2.45) is 0 Å². The van der Waals surface area contributed by atoms with Gasteiger partial charge in [0.05, 0.1) is 10.7 Å². The summed E-state index contributed by atoms with van der Waals surface area (Å²) in [4.78, 5) is 13.5. The summed E-state index contributed by atoms with van der Waals surface area (Å²) in [7, 11) is 2.08. The first-order chi connectivity index (χ1) is 18.9. The molecule has 3 aliphatic rings. The molecule has 10 heteroatoms. The Morgan fingerprint density at radius 3 is 2.92 bits per heavy atom. The molecular weight excluding hydrogens is 540 g/mol. The van der Waals surface area contributed by atoms with Gasteiger partial charge < -0.3 is 25.0 Å². The van der Waals surface area contributed by atoms with Gasteiger partial charge in [-0.3, -0.25) is 0 Å².